The number of furan rings is 1. The van der Waals surface area contributed by atoms with Crippen LogP contribution in [0.15, 0.2) is 65.2 Å². The van der Waals surface area contributed by atoms with E-state index in [1.807, 2.05) is 47.9 Å². The van der Waals surface area contributed by atoms with Gasteiger partial charge in [0.2, 0.25) is 0 Å². The molecule has 0 atom stereocenters. The first kappa shape index (κ1) is 13.6. The lowest BCUT2D eigenvalue weighted by Gasteiger charge is -2.07. The molecule has 4 nitrogen and oxygen atoms in total. The second kappa shape index (κ2) is 5.28. The summed E-state index contributed by atoms with van der Waals surface area (Å²) in [4.78, 5) is 4.64. The molecule has 0 fully saturated rings. The zero-order valence-corrected chi connectivity index (χ0v) is 12.5. The summed E-state index contributed by atoms with van der Waals surface area (Å²) in [5.74, 6) is 2.03. The van der Waals surface area contributed by atoms with Crippen molar-refractivity contribution in [2.75, 3.05) is 5.32 Å². The fourth-order valence-corrected chi connectivity index (χ4v) is 2.52. The van der Waals surface area contributed by atoms with Crippen LogP contribution in [0.2, 0.25) is 0 Å². The number of rotatable bonds is 3. The maximum atomic E-state index is 13.1. The molecule has 0 unspecified atom stereocenters. The molecule has 4 rings (SSSR count). The van der Waals surface area contributed by atoms with Crippen LogP contribution >= 0.6 is 0 Å². The molecule has 0 spiro atoms. The van der Waals surface area contributed by atoms with Crippen molar-refractivity contribution in [2.45, 2.75) is 6.92 Å². The van der Waals surface area contributed by atoms with Crippen LogP contribution < -0.4 is 5.32 Å². The van der Waals surface area contributed by atoms with E-state index in [-0.39, 0.29) is 5.82 Å². The Bertz CT molecular complexity index is 970. The molecule has 1 N–H and O–H groups in total. The smallest absolute Gasteiger partial charge is 0.156 e. The molecule has 114 valence electrons. The number of anilines is 2. The van der Waals surface area contributed by atoms with Gasteiger partial charge in [-0.15, -0.1) is 0 Å². The molecular weight excluding hydrogens is 293 g/mol. The molecule has 0 saturated heterocycles. The maximum absolute atomic E-state index is 13.1. The van der Waals surface area contributed by atoms with Crippen molar-refractivity contribution in [3.05, 3.63) is 72.4 Å². The van der Waals surface area contributed by atoms with E-state index in [2.05, 4.69) is 10.3 Å². The van der Waals surface area contributed by atoms with Crippen molar-refractivity contribution in [3.63, 3.8) is 0 Å². The van der Waals surface area contributed by atoms with Gasteiger partial charge in [-0.3, -0.25) is 4.40 Å². The van der Waals surface area contributed by atoms with Crippen molar-refractivity contribution in [1.82, 2.24) is 9.38 Å². The summed E-state index contributed by atoms with van der Waals surface area (Å²) < 4.78 is 20.8. The minimum absolute atomic E-state index is 0.268. The zero-order chi connectivity index (χ0) is 15.8. The molecule has 3 heterocycles. The molecule has 0 bridgehead atoms. The number of hydrogen-bond acceptors (Lipinski definition) is 3. The van der Waals surface area contributed by atoms with E-state index in [0.717, 1.165) is 22.9 Å². The van der Waals surface area contributed by atoms with Gasteiger partial charge in [0.05, 0.1) is 0 Å². The fraction of sp³-hybridized carbons (Fsp3) is 0.0556. The number of nitrogens with zero attached hydrogens (tertiary/aromatic N) is 2. The number of benzene rings is 1. The van der Waals surface area contributed by atoms with Crippen molar-refractivity contribution in [2.24, 2.45) is 0 Å². The van der Waals surface area contributed by atoms with Crippen molar-refractivity contribution in [3.8, 4) is 11.5 Å². The lowest BCUT2D eigenvalue weighted by molar-refractivity contribution is 0.547. The number of aromatic nitrogens is 2. The van der Waals surface area contributed by atoms with Crippen molar-refractivity contribution in [1.29, 1.82) is 0 Å². The Balaban J connectivity index is 1.87. The highest BCUT2D eigenvalue weighted by molar-refractivity contribution is 5.77. The molecule has 5 heteroatoms. The highest BCUT2D eigenvalue weighted by Crippen LogP contribution is 2.32. The van der Waals surface area contributed by atoms with Crippen LogP contribution in [0.3, 0.4) is 0 Å². The van der Waals surface area contributed by atoms with Crippen LogP contribution in [0, 0.1) is 12.7 Å². The summed E-state index contributed by atoms with van der Waals surface area (Å²) in [5.41, 5.74) is 2.30. The average Bonchev–Trinajstić information content (AvgIpc) is 3.14. The van der Waals surface area contributed by atoms with Gasteiger partial charge in [0.15, 0.2) is 5.76 Å². The fourth-order valence-electron chi connectivity index (χ4n) is 2.52. The lowest BCUT2D eigenvalue weighted by Crippen LogP contribution is -1.96. The van der Waals surface area contributed by atoms with E-state index in [4.69, 9.17) is 4.42 Å². The van der Waals surface area contributed by atoms with Crippen LogP contribution in [0.5, 0.6) is 0 Å². The molecule has 0 aliphatic carbocycles. The van der Waals surface area contributed by atoms with Gasteiger partial charge in [-0.1, -0.05) is 6.07 Å². The summed E-state index contributed by atoms with van der Waals surface area (Å²) in [6, 6.07) is 15.8. The maximum Gasteiger partial charge on any atom is 0.156 e. The van der Waals surface area contributed by atoms with Crippen LogP contribution in [0.1, 0.15) is 5.76 Å². The van der Waals surface area contributed by atoms with E-state index < -0.39 is 0 Å². The normalized spacial score (nSPS) is 11.0. The minimum Gasteiger partial charge on any atom is -0.460 e. The van der Waals surface area contributed by atoms with Gasteiger partial charge < -0.3 is 9.73 Å². The summed E-state index contributed by atoms with van der Waals surface area (Å²) in [7, 11) is 0. The Morgan fingerprint density at radius 3 is 2.61 bits per heavy atom. The van der Waals surface area contributed by atoms with Gasteiger partial charge in [0, 0.05) is 11.9 Å². The van der Waals surface area contributed by atoms with Crippen LogP contribution in [0.4, 0.5) is 15.9 Å². The Hall–Kier alpha value is -3.08. The molecule has 1 aromatic carbocycles. The van der Waals surface area contributed by atoms with Gasteiger partial charge in [-0.05, 0) is 55.5 Å². The Labute approximate surface area is 132 Å². The lowest BCUT2D eigenvalue weighted by atomic mass is 10.3. The summed E-state index contributed by atoms with van der Waals surface area (Å²) >= 11 is 0. The summed E-state index contributed by atoms with van der Waals surface area (Å²) in [5, 5.41) is 3.30. The van der Waals surface area contributed by atoms with E-state index >= 15 is 0 Å². The Kier molecular flexibility index (Phi) is 3.12. The molecule has 0 saturated carbocycles. The summed E-state index contributed by atoms with van der Waals surface area (Å²) in [6.07, 6.45) is 1.92. The highest BCUT2D eigenvalue weighted by atomic mass is 19.1. The van der Waals surface area contributed by atoms with Gasteiger partial charge in [-0.25, -0.2) is 9.37 Å². The summed E-state index contributed by atoms with van der Waals surface area (Å²) in [6.45, 7) is 1.90. The molecule has 4 aromatic rings. The third kappa shape index (κ3) is 2.46. The molecule has 0 aliphatic rings. The quantitative estimate of drug-likeness (QED) is 0.592. The zero-order valence-electron chi connectivity index (χ0n) is 12.5. The number of nitrogens with one attached hydrogen (secondary N) is 1. The van der Waals surface area contributed by atoms with E-state index in [0.29, 0.717) is 11.5 Å². The molecule has 3 aromatic heterocycles. The predicted octanol–water partition coefficient (Wildman–Crippen LogP) is 4.79. The van der Waals surface area contributed by atoms with Crippen molar-refractivity contribution >= 4 is 17.2 Å². The first-order valence-electron chi connectivity index (χ1n) is 7.27. The van der Waals surface area contributed by atoms with Crippen LogP contribution in [0.25, 0.3) is 17.1 Å². The third-order valence-corrected chi connectivity index (χ3v) is 3.61. The monoisotopic (exact) mass is 307 g/mol. The predicted molar refractivity (Wildman–Crippen MR) is 87.3 cm³/mol. The van der Waals surface area contributed by atoms with E-state index in [9.17, 15) is 4.39 Å². The topological polar surface area (TPSA) is 42.5 Å². The van der Waals surface area contributed by atoms with Crippen LogP contribution in [-0.4, -0.2) is 9.38 Å². The van der Waals surface area contributed by atoms with Crippen molar-refractivity contribution < 1.29 is 8.81 Å². The number of fused-ring (bicyclic) bond motifs is 1. The number of imidazole rings is 1. The average molecular weight is 307 g/mol. The molecular formula is C18H14FN3O. The van der Waals surface area contributed by atoms with Gasteiger partial charge in [0.1, 0.15) is 28.7 Å². The standard InChI is InChI=1S/C18H14FN3O/c1-12-5-10-15(23-12)17-18(20-14-8-6-13(19)7-9-14)22-11-3-2-4-16(22)21-17/h2-11,20H,1H3. The van der Waals surface area contributed by atoms with Gasteiger partial charge >= 0.3 is 0 Å². The SMILES string of the molecule is Cc1ccc(-c2nc3ccccn3c2Nc2ccc(F)cc2)o1. The molecule has 0 amide bonds. The van der Waals surface area contributed by atoms with Gasteiger partial charge in [-0.2, -0.15) is 0 Å². The minimum atomic E-state index is -0.268. The Morgan fingerprint density at radius 2 is 1.87 bits per heavy atom. The number of halogens is 1. The first-order valence-corrected chi connectivity index (χ1v) is 7.27. The molecule has 0 radical (unpaired) electrons. The largest absolute Gasteiger partial charge is 0.460 e. The molecule has 23 heavy (non-hydrogen) atoms. The van der Waals surface area contributed by atoms with Crippen LogP contribution in [-0.2, 0) is 0 Å². The van der Waals surface area contributed by atoms with Gasteiger partial charge in [0.25, 0.3) is 0 Å². The van der Waals surface area contributed by atoms with E-state index in [1.165, 1.54) is 12.1 Å². The first-order chi connectivity index (χ1) is 11.2. The number of pyridine rings is 1. The number of aryl methyl sites for hydroxylation is 1. The second-order valence-corrected chi connectivity index (χ2v) is 5.28. The highest BCUT2D eigenvalue weighted by Gasteiger charge is 2.16. The number of hydrogen-bond donors (Lipinski definition) is 1. The molecule has 0 aliphatic heterocycles. The third-order valence-electron chi connectivity index (χ3n) is 3.61. The second-order valence-electron chi connectivity index (χ2n) is 5.28. The Morgan fingerprint density at radius 1 is 1.04 bits per heavy atom. The van der Waals surface area contributed by atoms with E-state index in [1.54, 1.807) is 12.1 Å².